The zero-order valence-corrected chi connectivity index (χ0v) is 9.98. The summed E-state index contributed by atoms with van der Waals surface area (Å²) in [5.74, 6) is 0.506. The van der Waals surface area contributed by atoms with Crippen LogP contribution in [-0.4, -0.2) is 38.8 Å². The quantitative estimate of drug-likeness (QED) is 0.745. The van der Waals surface area contributed by atoms with Gasteiger partial charge in [0.2, 0.25) is 0 Å². The third kappa shape index (κ3) is 4.30. The number of carbonyl (C=O) groups excluding carboxylic acids is 1. The molecule has 1 aliphatic rings. The lowest BCUT2D eigenvalue weighted by atomic mass is 9.96. The number of hydrogen-bond donors (Lipinski definition) is 1. The van der Waals surface area contributed by atoms with Gasteiger partial charge in [0.1, 0.15) is 15.6 Å². The van der Waals surface area contributed by atoms with Crippen molar-refractivity contribution in [1.29, 1.82) is 0 Å². The third-order valence-corrected chi connectivity index (χ3v) is 4.57. The van der Waals surface area contributed by atoms with E-state index in [2.05, 4.69) is 5.32 Å². The lowest BCUT2D eigenvalue weighted by Gasteiger charge is -2.21. The molecule has 0 aliphatic carbocycles. The lowest BCUT2D eigenvalue weighted by molar-refractivity contribution is -0.123. The predicted octanol–water partition coefficient (Wildman–Crippen LogP) is 0.380. The van der Waals surface area contributed by atoms with Crippen LogP contribution in [0.5, 0.6) is 0 Å². The number of hydrogen-bond acceptors (Lipinski definition) is 4. The molecular weight excluding hydrogens is 214 g/mol. The Hall–Kier alpha value is -0.420. The molecule has 1 heterocycles. The summed E-state index contributed by atoms with van der Waals surface area (Å²) in [5, 5.41) is 3.12. The van der Waals surface area contributed by atoms with Gasteiger partial charge in [-0.1, -0.05) is 6.92 Å². The van der Waals surface area contributed by atoms with E-state index in [1.807, 2.05) is 6.92 Å². The molecule has 1 atom stereocenters. The first kappa shape index (κ1) is 12.6. The Labute approximate surface area is 91.4 Å². The minimum absolute atomic E-state index is 0.0922. The Kier molecular flexibility index (Phi) is 4.73. The number of rotatable bonds is 5. The van der Waals surface area contributed by atoms with Crippen LogP contribution >= 0.6 is 0 Å². The van der Waals surface area contributed by atoms with Crippen molar-refractivity contribution in [2.24, 2.45) is 5.92 Å². The van der Waals surface area contributed by atoms with Crippen molar-refractivity contribution >= 4 is 15.6 Å². The number of nitrogens with one attached hydrogen (secondary N) is 1. The maximum absolute atomic E-state index is 11.4. The lowest BCUT2D eigenvalue weighted by Crippen LogP contribution is -2.37. The van der Waals surface area contributed by atoms with E-state index in [1.165, 1.54) is 0 Å². The number of carbonyl (C=O) groups is 1. The highest BCUT2D eigenvalue weighted by molar-refractivity contribution is 7.91. The summed E-state index contributed by atoms with van der Waals surface area (Å²) in [6, 6.07) is 0. The molecule has 0 spiro atoms. The molecule has 1 saturated heterocycles. The Balaban J connectivity index is 2.38. The zero-order chi connectivity index (χ0) is 11.3. The van der Waals surface area contributed by atoms with Crippen molar-refractivity contribution in [1.82, 2.24) is 5.32 Å². The average Bonchev–Trinajstić information content (AvgIpc) is 2.16. The molecule has 1 unspecified atom stereocenters. The smallest absolute Gasteiger partial charge is 0.150 e. The Morgan fingerprint density at radius 3 is 2.73 bits per heavy atom. The van der Waals surface area contributed by atoms with Crippen LogP contribution in [-0.2, 0) is 14.6 Å². The predicted molar refractivity (Wildman–Crippen MR) is 59.5 cm³/mol. The maximum Gasteiger partial charge on any atom is 0.150 e. The van der Waals surface area contributed by atoms with Crippen molar-refractivity contribution in [2.45, 2.75) is 26.2 Å². The van der Waals surface area contributed by atoms with Crippen molar-refractivity contribution < 1.29 is 13.2 Å². The molecule has 15 heavy (non-hydrogen) atoms. The highest BCUT2D eigenvalue weighted by atomic mass is 32.2. The largest absolute Gasteiger partial charge is 0.316 e. The monoisotopic (exact) mass is 233 g/mol. The summed E-state index contributed by atoms with van der Waals surface area (Å²) in [5.41, 5.74) is 0. The van der Waals surface area contributed by atoms with E-state index < -0.39 is 9.84 Å². The van der Waals surface area contributed by atoms with Crippen LogP contribution in [0, 0.1) is 5.92 Å². The molecular formula is C10H19NO3S. The molecule has 0 bridgehead atoms. The molecule has 0 aromatic carbocycles. The Morgan fingerprint density at radius 2 is 2.13 bits per heavy atom. The van der Waals surface area contributed by atoms with Crippen LogP contribution < -0.4 is 5.32 Å². The first-order chi connectivity index (χ1) is 7.05. The molecule has 0 amide bonds. The van der Waals surface area contributed by atoms with Gasteiger partial charge in [-0.15, -0.1) is 0 Å². The van der Waals surface area contributed by atoms with Gasteiger partial charge in [0.15, 0.2) is 0 Å². The van der Waals surface area contributed by atoms with E-state index >= 15 is 0 Å². The fourth-order valence-corrected chi connectivity index (χ4v) is 3.27. The molecule has 0 saturated carbocycles. The van der Waals surface area contributed by atoms with Crippen LogP contribution in [0.3, 0.4) is 0 Å². The van der Waals surface area contributed by atoms with Crippen LogP contribution in [0.1, 0.15) is 26.2 Å². The Morgan fingerprint density at radius 1 is 1.40 bits per heavy atom. The van der Waals surface area contributed by atoms with Gasteiger partial charge in [0.25, 0.3) is 0 Å². The normalized spacial score (nSPS) is 23.0. The van der Waals surface area contributed by atoms with Gasteiger partial charge < -0.3 is 5.32 Å². The molecule has 0 aromatic heterocycles. The Bertz CT molecular complexity index is 311. The van der Waals surface area contributed by atoms with Gasteiger partial charge in [-0.05, 0) is 12.8 Å². The van der Waals surface area contributed by atoms with E-state index in [1.54, 1.807) is 0 Å². The number of sulfone groups is 1. The topological polar surface area (TPSA) is 63.2 Å². The van der Waals surface area contributed by atoms with Crippen molar-refractivity contribution in [3.63, 3.8) is 0 Å². The average molecular weight is 233 g/mol. The fourth-order valence-electron chi connectivity index (χ4n) is 1.80. The second kappa shape index (κ2) is 5.61. The van der Waals surface area contributed by atoms with Gasteiger partial charge in [0, 0.05) is 31.2 Å². The van der Waals surface area contributed by atoms with E-state index in [0.717, 1.165) is 6.54 Å². The van der Waals surface area contributed by atoms with Crippen molar-refractivity contribution in [2.75, 3.05) is 24.6 Å². The van der Waals surface area contributed by atoms with Gasteiger partial charge in [-0.25, -0.2) is 8.42 Å². The fraction of sp³-hybridized carbons (Fsp3) is 0.900. The van der Waals surface area contributed by atoms with E-state index in [9.17, 15) is 13.2 Å². The summed E-state index contributed by atoms with van der Waals surface area (Å²) in [4.78, 5) is 11.4. The van der Waals surface area contributed by atoms with Crippen LogP contribution in [0.15, 0.2) is 0 Å². The van der Waals surface area contributed by atoms with Crippen molar-refractivity contribution in [3.05, 3.63) is 0 Å². The number of ketones is 1. The molecule has 0 radical (unpaired) electrons. The highest BCUT2D eigenvalue weighted by Gasteiger charge is 2.23. The minimum Gasteiger partial charge on any atom is -0.316 e. The standard InChI is InChI=1S/C10H19NO3S/c1-2-6-15(13,14)7-4-9-8-11-5-3-10(9)12/h9,11H,2-8H2,1H3. The van der Waals surface area contributed by atoms with Crippen LogP contribution in [0.2, 0.25) is 0 Å². The van der Waals surface area contributed by atoms with Crippen molar-refractivity contribution in [3.8, 4) is 0 Å². The summed E-state index contributed by atoms with van der Waals surface area (Å²) in [6.45, 7) is 3.22. The summed E-state index contributed by atoms with van der Waals surface area (Å²) >= 11 is 0. The van der Waals surface area contributed by atoms with Gasteiger partial charge in [0.05, 0.1) is 5.75 Å². The minimum atomic E-state index is -2.93. The number of Topliss-reactive ketones (excluding diaryl/α,β-unsaturated/α-hetero) is 1. The maximum atomic E-state index is 11.4. The summed E-state index contributed by atoms with van der Waals surface area (Å²) in [7, 11) is -2.93. The van der Waals surface area contributed by atoms with Gasteiger partial charge in [-0.2, -0.15) is 0 Å². The summed E-state index contributed by atoms with van der Waals surface area (Å²) in [6.07, 6.45) is 1.67. The molecule has 4 nitrogen and oxygen atoms in total. The molecule has 5 heteroatoms. The molecule has 1 N–H and O–H groups in total. The zero-order valence-electron chi connectivity index (χ0n) is 9.16. The van der Waals surface area contributed by atoms with Gasteiger partial charge in [-0.3, -0.25) is 4.79 Å². The van der Waals surface area contributed by atoms with Crippen LogP contribution in [0.25, 0.3) is 0 Å². The van der Waals surface area contributed by atoms with E-state index in [4.69, 9.17) is 0 Å². The number of piperidine rings is 1. The molecule has 1 fully saturated rings. The second-order valence-corrected chi connectivity index (χ2v) is 6.36. The molecule has 0 aromatic rings. The molecule has 1 rings (SSSR count). The van der Waals surface area contributed by atoms with Gasteiger partial charge >= 0.3 is 0 Å². The molecule has 88 valence electrons. The SMILES string of the molecule is CCCS(=O)(=O)CCC1CNCCC1=O. The summed E-state index contributed by atoms with van der Waals surface area (Å²) < 4.78 is 22.9. The second-order valence-electron chi connectivity index (χ2n) is 4.06. The highest BCUT2D eigenvalue weighted by Crippen LogP contribution is 2.12. The van der Waals surface area contributed by atoms with E-state index in [-0.39, 0.29) is 23.2 Å². The van der Waals surface area contributed by atoms with Crippen LogP contribution in [0.4, 0.5) is 0 Å². The first-order valence-electron chi connectivity index (χ1n) is 5.49. The third-order valence-electron chi connectivity index (χ3n) is 2.69. The molecule has 1 aliphatic heterocycles. The first-order valence-corrected chi connectivity index (χ1v) is 7.31. The van der Waals surface area contributed by atoms with E-state index in [0.29, 0.717) is 25.8 Å².